The molecule has 0 fully saturated rings. The number of rotatable bonds is 9. The van der Waals surface area contributed by atoms with E-state index in [1.54, 1.807) is 24.5 Å². The normalized spacial score (nSPS) is 11.0. The second kappa shape index (κ2) is 11.6. The highest BCUT2D eigenvalue weighted by atomic mass is 79.9. The van der Waals surface area contributed by atoms with Gasteiger partial charge in [0.1, 0.15) is 5.75 Å². The topological polar surface area (TPSA) is 105 Å². The molecular weight excluding hydrogens is 528 g/mol. The standard InChI is InChI=1S/C25H21BrN6O2S/c1-2-4-17-5-3-6-19(23(17)34)15-28-29-22(33)16-35-25-31-30-24(18-11-13-27-14-12-18)32(25)21-9-7-20(26)8-10-21/h2-3,5-15,34H,1,4,16H2,(H,29,33)/b28-15+. The molecule has 2 heterocycles. The van der Waals surface area contributed by atoms with Crippen LogP contribution in [0.5, 0.6) is 5.75 Å². The van der Waals surface area contributed by atoms with Gasteiger partial charge in [0.2, 0.25) is 0 Å². The van der Waals surface area contributed by atoms with Crippen LogP contribution in [-0.4, -0.2) is 42.7 Å². The predicted molar refractivity (Wildman–Crippen MR) is 141 cm³/mol. The summed E-state index contributed by atoms with van der Waals surface area (Å²) in [6.07, 6.45) is 7.05. The van der Waals surface area contributed by atoms with Crippen molar-refractivity contribution in [1.82, 2.24) is 25.2 Å². The predicted octanol–water partition coefficient (Wildman–Crippen LogP) is 4.77. The molecule has 176 valence electrons. The summed E-state index contributed by atoms with van der Waals surface area (Å²) in [7, 11) is 0. The lowest BCUT2D eigenvalue weighted by molar-refractivity contribution is -0.118. The Hall–Kier alpha value is -3.76. The molecule has 0 saturated heterocycles. The molecule has 10 heteroatoms. The number of para-hydroxylation sites is 1. The Balaban J connectivity index is 1.48. The highest BCUT2D eigenvalue weighted by Crippen LogP contribution is 2.28. The van der Waals surface area contributed by atoms with E-state index in [0.29, 0.717) is 23.0 Å². The summed E-state index contributed by atoms with van der Waals surface area (Å²) in [4.78, 5) is 16.5. The van der Waals surface area contributed by atoms with Gasteiger partial charge in [-0.05, 0) is 54.4 Å². The van der Waals surface area contributed by atoms with Crippen molar-refractivity contribution in [2.75, 3.05) is 5.75 Å². The van der Waals surface area contributed by atoms with E-state index in [2.05, 4.69) is 48.2 Å². The summed E-state index contributed by atoms with van der Waals surface area (Å²) in [5.74, 6) is 0.519. The minimum atomic E-state index is -0.316. The molecule has 0 aliphatic heterocycles. The number of amides is 1. The highest BCUT2D eigenvalue weighted by molar-refractivity contribution is 9.10. The fourth-order valence-electron chi connectivity index (χ4n) is 3.25. The van der Waals surface area contributed by atoms with Crippen LogP contribution in [0.3, 0.4) is 0 Å². The smallest absolute Gasteiger partial charge is 0.250 e. The van der Waals surface area contributed by atoms with E-state index >= 15 is 0 Å². The van der Waals surface area contributed by atoms with Crippen molar-refractivity contribution in [3.63, 3.8) is 0 Å². The Morgan fingerprint density at radius 3 is 2.66 bits per heavy atom. The van der Waals surface area contributed by atoms with Gasteiger partial charge in [0.05, 0.1) is 12.0 Å². The van der Waals surface area contributed by atoms with Crippen LogP contribution < -0.4 is 5.43 Å². The first-order valence-corrected chi connectivity index (χ1v) is 12.3. The number of carbonyl (C=O) groups is 1. The van der Waals surface area contributed by atoms with Gasteiger partial charge in [-0.15, -0.1) is 16.8 Å². The van der Waals surface area contributed by atoms with Crippen molar-refractivity contribution < 1.29 is 9.90 Å². The Morgan fingerprint density at radius 1 is 1.14 bits per heavy atom. The Kier molecular flexibility index (Phi) is 8.07. The SMILES string of the molecule is C=CCc1cccc(/C=N/NC(=O)CSc2nnc(-c3ccncc3)n2-c2ccc(Br)cc2)c1O. The molecule has 2 aromatic heterocycles. The molecule has 0 unspecified atom stereocenters. The van der Waals surface area contributed by atoms with Crippen molar-refractivity contribution in [2.24, 2.45) is 5.10 Å². The van der Waals surface area contributed by atoms with Gasteiger partial charge in [0.25, 0.3) is 5.91 Å². The number of benzene rings is 2. The number of nitrogens with one attached hydrogen (secondary N) is 1. The number of pyridine rings is 1. The number of hydrogen-bond acceptors (Lipinski definition) is 7. The second-order valence-corrected chi connectivity index (χ2v) is 9.14. The number of halogens is 1. The number of aromatic hydroxyl groups is 1. The van der Waals surface area contributed by atoms with Gasteiger partial charge in [-0.25, -0.2) is 5.43 Å². The lowest BCUT2D eigenvalue weighted by Crippen LogP contribution is -2.20. The molecule has 0 bridgehead atoms. The second-order valence-electron chi connectivity index (χ2n) is 7.28. The van der Waals surface area contributed by atoms with Crippen molar-refractivity contribution in [1.29, 1.82) is 0 Å². The van der Waals surface area contributed by atoms with E-state index in [1.807, 2.05) is 53.1 Å². The molecule has 4 aromatic rings. The molecule has 0 aliphatic carbocycles. The van der Waals surface area contributed by atoms with E-state index in [-0.39, 0.29) is 17.4 Å². The molecular formula is C25H21BrN6O2S. The monoisotopic (exact) mass is 548 g/mol. The third-order valence-corrected chi connectivity index (χ3v) is 6.35. The van der Waals surface area contributed by atoms with Crippen LogP contribution in [0.25, 0.3) is 17.1 Å². The third kappa shape index (κ3) is 6.03. The summed E-state index contributed by atoms with van der Waals surface area (Å²) in [5, 5.41) is 23.5. The number of hydrazone groups is 1. The van der Waals surface area contributed by atoms with Crippen molar-refractivity contribution in [3.05, 3.63) is 95.2 Å². The molecule has 0 spiro atoms. The molecule has 1 amide bonds. The van der Waals surface area contributed by atoms with E-state index in [1.165, 1.54) is 18.0 Å². The van der Waals surface area contributed by atoms with Gasteiger partial charge in [-0.3, -0.25) is 14.3 Å². The number of allylic oxidation sites excluding steroid dienone is 1. The lowest BCUT2D eigenvalue weighted by Gasteiger charge is -2.10. The van der Waals surface area contributed by atoms with Crippen LogP contribution in [0, 0.1) is 0 Å². The van der Waals surface area contributed by atoms with Crippen molar-refractivity contribution in [2.45, 2.75) is 11.6 Å². The van der Waals surface area contributed by atoms with E-state index in [0.717, 1.165) is 21.3 Å². The number of carbonyl (C=O) groups excluding carboxylic acids is 1. The summed E-state index contributed by atoms with van der Waals surface area (Å²) in [6.45, 7) is 3.69. The van der Waals surface area contributed by atoms with Crippen LogP contribution >= 0.6 is 27.7 Å². The van der Waals surface area contributed by atoms with Gasteiger partial charge >= 0.3 is 0 Å². The molecule has 4 rings (SSSR count). The summed E-state index contributed by atoms with van der Waals surface area (Å²) >= 11 is 4.70. The first-order valence-electron chi connectivity index (χ1n) is 10.5. The van der Waals surface area contributed by atoms with E-state index in [4.69, 9.17) is 0 Å². The molecule has 0 aliphatic rings. The lowest BCUT2D eigenvalue weighted by atomic mass is 10.1. The first kappa shape index (κ1) is 24.4. The Morgan fingerprint density at radius 2 is 1.91 bits per heavy atom. The Bertz CT molecular complexity index is 1360. The summed E-state index contributed by atoms with van der Waals surface area (Å²) < 4.78 is 2.85. The van der Waals surface area contributed by atoms with Gasteiger partial charge in [0, 0.05) is 33.7 Å². The number of nitrogens with zero attached hydrogens (tertiary/aromatic N) is 5. The van der Waals surface area contributed by atoms with Gasteiger partial charge in [0.15, 0.2) is 11.0 Å². The number of phenolic OH excluding ortho intramolecular Hbond substituents is 1. The van der Waals surface area contributed by atoms with Crippen molar-refractivity contribution >= 4 is 39.8 Å². The van der Waals surface area contributed by atoms with Gasteiger partial charge < -0.3 is 5.11 Å². The maximum atomic E-state index is 12.4. The average molecular weight is 549 g/mol. The summed E-state index contributed by atoms with van der Waals surface area (Å²) in [5.41, 5.74) is 5.46. The Labute approximate surface area is 215 Å². The zero-order valence-electron chi connectivity index (χ0n) is 18.5. The van der Waals surface area contributed by atoms with Crippen LogP contribution in [0.4, 0.5) is 0 Å². The zero-order valence-corrected chi connectivity index (χ0v) is 20.9. The minimum Gasteiger partial charge on any atom is -0.507 e. The number of phenols is 1. The zero-order chi connectivity index (χ0) is 24.6. The number of thioether (sulfide) groups is 1. The molecule has 8 nitrogen and oxygen atoms in total. The molecule has 0 atom stereocenters. The van der Waals surface area contributed by atoms with E-state index in [9.17, 15) is 9.90 Å². The molecule has 0 radical (unpaired) electrons. The average Bonchev–Trinajstić information content (AvgIpc) is 3.30. The molecule has 0 saturated carbocycles. The summed E-state index contributed by atoms with van der Waals surface area (Å²) in [6, 6.07) is 16.8. The number of hydrogen-bond donors (Lipinski definition) is 2. The maximum absolute atomic E-state index is 12.4. The third-order valence-electron chi connectivity index (χ3n) is 4.90. The van der Waals surface area contributed by atoms with Gasteiger partial charge in [-0.2, -0.15) is 5.10 Å². The first-order chi connectivity index (χ1) is 17.1. The van der Waals surface area contributed by atoms with Crippen LogP contribution in [0.1, 0.15) is 11.1 Å². The van der Waals surface area contributed by atoms with E-state index < -0.39 is 0 Å². The molecule has 2 N–H and O–H groups in total. The molecule has 2 aromatic carbocycles. The molecule has 35 heavy (non-hydrogen) atoms. The van der Waals surface area contributed by atoms with Crippen molar-refractivity contribution in [3.8, 4) is 22.8 Å². The number of aromatic nitrogens is 4. The maximum Gasteiger partial charge on any atom is 0.250 e. The van der Waals surface area contributed by atoms with Crippen LogP contribution in [0.2, 0.25) is 0 Å². The quantitative estimate of drug-likeness (QED) is 0.135. The fourth-order valence-corrected chi connectivity index (χ4v) is 4.25. The largest absolute Gasteiger partial charge is 0.507 e. The van der Waals surface area contributed by atoms with Crippen LogP contribution in [-0.2, 0) is 11.2 Å². The highest BCUT2D eigenvalue weighted by Gasteiger charge is 2.17. The minimum absolute atomic E-state index is 0.0742. The fraction of sp³-hybridized carbons (Fsp3) is 0.0800. The van der Waals surface area contributed by atoms with Gasteiger partial charge in [-0.1, -0.05) is 45.9 Å². The van der Waals surface area contributed by atoms with Crippen LogP contribution in [0.15, 0.2) is 94.4 Å².